The van der Waals surface area contributed by atoms with Crippen LogP contribution in [0.4, 0.5) is 0 Å². The average molecular weight is 1510 g/mol. The van der Waals surface area contributed by atoms with Gasteiger partial charge in [-0.2, -0.15) is 0 Å². The van der Waals surface area contributed by atoms with E-state index in [-0.39, 0.29) is 0 Å². The molecule has 46 nitrogen and oxygen atoms in total. The Balaban J connectivity index is 1.07. The van der Waals surface area contributed by atoms with Crippen LogP contribution in [0.5, 0.6) is 0 Å². The Morgan fingerprint density at radius 3 is 1.19 bits per heavy atom. The van der Waals surface area contributed by atoms with Crippen molar-refractivity contribution in [3.05, 3.63) is 0 Å². The number of nitrogens with one attached hydrogen (secondary N) is 2. The second-order valence-corrected chi connectivity index (χ2v) is 26.3. The van der Waals surface area contributed by atoms with E-state index in [1.165, 1.54) is 6.92 Å². The molecule has 9 saturated heterocycles. The number of ether oxygens (including phenoxy) is 17. The van der Waals surface area contributed by atoms with Crippen molar-refractivity contribution in [1.29, 1.82) is 0 Å². The van der Waals surface area contributed by atoms with Crippen molar-refractivity contribution in [3.8, 4) is 0 Å². The first-order valence-corrected chi connectivity index (χ1v) is 32.9. The molecule has 0 saturated carbocycles. The van der Waals surface area contributed by atoms with Gasteiger partial charge in [0.1, 0.15) is 207 Å². The van der Waals surface area contributed by atoms with Gasteiger partial charge in [0.05, 0.1) is 59.0 Å². The van der Waals surface area contributed by atoms with Gasteiger partial charge in [-0.3, -0.25) is 9.59 Å². The Morgan fingerprint density at radius 1 is 0.311 bits per heavy atom. The van der Waals surface area contributed by atoms with E-state index in [0.29, 0.717) is 0 Å². The summed E-state index contributed by atoms with van der Waals surface area (Å²) in [6, 6.07) is -3.75. The monoisotopic (exact) mass is 1510 g/mol. The van der Waals surface area contributed by atoms with Gasteiger partial charge in [-0.05, 0) is 6.92 Å². The lowest BCUT2D eigenvalue weighted by molar-refractivity contribution is -0.406. The molecule has 103 heavy (non-hydrogen) atoms. The normalized spacial score (nSPS) is 51.6. The lowest BCUT2D eigenvalue weighted by Crippen LogP contribution is -2.71. The van der Waals surface area contributed by atoms with E-state index >= 15 is 0 Å². The number of aliphatic hydroxyl groups is 25. The summed E-state index contributed by atoms with van der Waals surface area (Å²) in [6.07, 6.45) is -86.0. The fourth-order valence-corrected chi connectivity index (χ4v) is 13.2. The van der Waals surface area contributed by atoms with Gasteiger partial charge < -0.3 is 219 Å². The van der Waals surface area contributed by atoms with Crippen molar-refractivity contribution in [2.24, 2.45) is 0 Å². The maximum absolute atomic E-state index is 13.2. The third-order valence-electron chi connectivity index (χ3n) is 19.1. The molecule has 27 N–H and O–H groups in total. The Morgan fingerprint density at radius 2 is 0.680 bits per heavy atom. The van der Waals surface area contributed by atoms with Crippen molar-refractivity contribution in [1.82, 2.24) is 10.6 Å². The van der Waals surface area contributed by atoms with Gasteiger partial charge in [0, 0.05) is 13.8 Å². The number of amides is 2. The molecule has 0 radical (unpaired) electrons. The molecule has 0 aromatic carbocycles. The molecule has 0 aromatic rings. The fraction of sp³-hybridized carbons (Fsp3) is 0.965. The van der Waals surface area contributed by atoms with Crippen LogP contribution in [0, 0.1) is 0 Å². The van der Waals surface area contributed by atoms with Gasteiger partial charge in [-0.1, -0.05) is 0 Å². The lowest BCUT2D eigenvalue weighted by atomic mass is 9.93. The molecule has 9 fully saturated rings. The largest absolute Gasteiger partial charge is 0.394 e. The minimum atomic E-state index is -2.44. The van der Waals surface area contributed by atoms with E-state index in [0.717, 1.165) is 13.8 Å². The number of aliphatic hydroxyl groups excluding tert-OH is 25. The van der Waals surface area contributed by atoms with E-state index in [1.54, 1.807) is 0 Å². The predicted molar refractivity (Wildman–Crippen MR) is 313 cm³/mol. The number of hydrogen-bond acceptors (Lipinski definition) is 44. The van der Waals surface area contributed by atoms with Gasteiger partial charge in [0.15, 0.2) is 56.6 Å². The van der Waals surface area contributed by atoms with E-state index in [2.05, 4.69) is 10.6 Å². The number of rotatable bonds is 25. The van der Waals surface area contributed by atoms with Crippen LogP contribution >= 0.6 is 0 Å². The quantitative estimate of drug-likeness (QED) is 0.0404. The highest BCUT2D eigenvalue weighted by molar-refractivity contribution is 5.73. The topological polar surface area (TPSA) is 721 Å². The summed E-state index contributed by atoms with van der Waals surface area (Å²) in [7, 11) is 0. The van der Waals surface area contributed by atoms with Crippen molar-refractivity contribution in [3.63, 3.8) is 0 Å². The standard InChI is InChI=1S/C57H96N2O44/c1-12-25(68)33(76)39(82)54(90-12)100-45-24(59-14(3)66)49(86)91-20(8-64)44(45)99-50-23(58-13(2)65)32(75)43(19(7-63)95-50)98-57-48(103-52-37(80)26(69)15(67)9-87-52)47(102-56-41(84)36(79)29(72)18(6-62)94-56)31(74)22(97-57)11-89-53-42(85)46(101-55-40(83)35(78)28(71)17(5-61)93-55)30(73)21(96-53)10-88-51-38(81)34(77)27(70)16(4-60)92-51/h12,15-57,60-64,67-86H,4-11H2,1-3H3,(H,58,65)(H,59,66)/t12-,15+,16+,17+,18+,19+,20+,21+,22+,23+,24+,25+,26-,27+,28+,29+,30+,31+,32+,33+,34-,35-,36-,37+,38-,39-,40-,41-,42-,43+,44+,45+,46-,47-,48-,49?,50-,51-,52-,53-,54-,55+,56+,57-/m0/s1. The van der Waals surface area contributed by atoms with E-state index in [9.17, 15) is 137 Å². The Kier molecular flexibility index (Phi) is 29.8. The van der Waals surface area contributed by atoms with E-state index in [4.69, 9.17) is 80.5 Å². The molecule has 9 rings (SSSR count). The summed E-state index contributed by atoms with van der Waals surface area (Å²) in [5, 5.41) is 279. The highest BCUT2D eigenvalue weighted by atomic mass is 16.8. The highest BCUT2D eigenvalue weighted by Crippen LogP contribution is 2.40. The average Bonchev–Trinajstić information content (AvgIpc) is 0.765. The van der Waals surface area contributed by atoms with Crippen LogP contribution in [0.15, 0.2) is 0 Å². The van der Waals surface area contributed by atoms with Crippen molar-refractivity contribution in [2.45, 2.75) is 291 Å². The molecule has 44 atom stereocenters. The fourth-order valence-electron chi connectivity index (χ4n) is 13.2. The third-order valence-corrected chi connectivity index (χ3v) is 19.1. The van der Waals surface area contributed by atoms with Crippen LogP contribution in [-0.2, 0) is 90.1 Å². The molecule has 0 aliphatic carbocycles. The van der Waals surface area contributed by atoms with E-state index in [1.807, 2.05) is 0 Å². The predicted octanol–water partition coefficient (Wildman–Crippen LogP) is -18.7. The molecule has 598 valence electrons. The Bertz CT molecular complexity index is 2640. The van der Waals surface area contributed by atoms with Crippen LogP contribution in [0.2, 0.25) is 0 Å². The molecule has 0 bridgehead atoms. The third kappa shape index (κ3) is 18.3. The van der Waals surface area contributed by atoms with Crippen LogP contribution in [0.25, 0.3) is 0 Å². The second kappa shape index (κ2) is 36.4. The summed E-state index contributed by atoms with van der Waals surface area (Å²) in [4.78, 5) is 25.9. The van der Waals surface area contributed by atoms with Crippen LogP contribution in [-0.4, -0.2) is 462 Å². The van der Waals surface area contributed by atoms with Crippen LogP contribution in [0.3, 0.4) is 0 Å². The summed E-state index contributed by atoms with van der Waals surface area (Å²) in [6.45, 7) is -5.08. The number of carbonyl (C=O) groups excluding carboxylic acids is 2. The minimum absolute atomic E-state index is 0.799. The number of hydrogen-bond donors (Lipinski definition) is 27. The molecule has 9 aliphatic heterocycles. The van der Waals surface area contributed by atoms with Crippen molar-refractivity contribution in [2.75, 3.05) is 52.9 Å². The van der Waals surface area contributed by atoms with Crippen LogP contribution in [0.1, 0.15) is 20.8 Å². The Hall–Kier alpha value is -2.74. The highest BCUT2D eigenvalue weighted by Gasteiger charge is 2.61. The van der Waals surface area contributed by atoms with Gasteiger partial charge in [0.2, 0.25) is 11.8 Å². The second-order valence-electron chi connectivity index (χ2n) is 26.3. The zero-order valence-electron chi connectivity index (χ0n) is 55.0. The first-order valence-electron chi connectivity index (χ1n) is 32.9. The van der Waals surface area contributed by atoms with Gasteiger partial charge in [0.25, 0.3) is 0 Å². The summed E-state index contributed by atoms with van der Waals surface area (Å²) < 4.78 is 100. The maximum atomic E-state index is 13.2. The molecule has 9 heterocycles. The smallest absolute Gasteiger partial charge is 0.217 e. The van der Waals surface area contributed by atoms with E-state index < -0.39 is 335 Å². The minimum Gasteiger partial charge on any atom is -0.394 e. The van der Waals surface area contributed by atoms with Crippen molar-refractivity contribution >= 4 is 11.8 Å². The lowest BCUT2D eigenvalue weighted by Gasteiger charge is -2.52. The van der Waals surface area contributed by atoms with Gasteiger partial charge in [-0.15, -0.1) is 0 Å². The zero-order valence-corrected chi connectivity index (χ0v) is 55.0. The molecule has 9 aliphatic rings. The summed E-state index contributed by atoms with van der Waals surface area (Å²) in [5.41, 5.74) is 0. The molecular formula is C57H96N2O44. The summed E-state index contributed by atoms with van der Waals surface area (Å²) in [5.74, 6) is -1.82. The summed E-state index contributed by atoms with van der Waals surface area (Å²) >= 11 is 0. The van der Waals surface area contributed by atoms with Crippen LogP contribution < -0.4 is 10.6 Å². The molecule has 0 spiro atoms. The zero-order chi connectivity index (χ0) is 75.6. The molecule has 2 amide bonds. The molecule has 0 aromatic heterocycles. The molecule has 46 heteroatoms. The number of carbonyl (C=O) groups is 2. The Labute approximate surface area is 582 Å². The van der Waals surface area contributed by atoms with Gasteiger partial charge >= 0.3 is 0 Å². The molecule has 1 unspecified atom stereocenters. The van der Waals surface area contributed by atoms with Crippen molar-refractivity contribution < 1.29 is 218 Å². The SMILES string of the molecule is CC(=O)N[C@H]1[C@H](O[C@H]2[C@H](O[C@@H]3O[C@@H](C)[C@@H](O)[C@@H](O)[C@@H]3O)[C@@H](NC(C)=O)C(O)O[C@@H]2CO)O[C@H](CO)[C@@H](O[C@@H]2O[C@H](CO[C@H]3O[C@H](CO[C@H]4O[C@H](CO)[C@@H](O)[C@H](O)[C@@H]4O)[C@@H](O)[C@H](O[C@H]4O[C@H](CO)[C@@H](O)[C@H](O)[C@@H]4O)[C@@H]3O)[C@@H](O)[C@H](O[C@H]3O[C@H](CO)[C@@H](O)[C@H](O)[C@@H]3O)[C@@H]2O[C@@H]2OC[C@@H](O)[C@H](O)[C@H]2O)[C@@H]1O. The maximum Gasteiger partial charge on any atom is 0.217 e. The van der Waals surface area contributed by atoms with Gasteiger partial charge in [-0.25, -0.2) is 0 Å². The first kappa shape index (κ1) is 84.3. The first-order chi connectivity index (χ1) is 48.7. The molecular weight excluding hydrogens is 1420 g/mol.